The Balaban J connectivity index is 1.84. The van der Waals surface area contributed by atoms with Crippen LogP contribution < -0.4 is 0 Å². The van der Waals surface area contributed by atoms with Crippen molar-refractivity contribution in [3.63, 3.8) is 0 Å². The van der Waals surface area contributed by atoms with Crippen LogP contribution in [0.1, 0.15) is 62.6 Å². The van der Waals surface area contributed by atoms with Gasteiger partial charge in [-0.3, -0.25) is 9.59 Å². The van der Waals surface area contributed by atoms with Gasteiger partial charge in [0.2, 0.25) is 11.7 Å². The Morgan fingerprint density at radius 3 is 2.64 bits per heavy atom. The van der Waals surface area contributed by atoms with Crippen molar-refractivity contribution in [2.24, 2.45) is 0 Å². The average Bonchev–Trinajstić information content (AvgIpc) is 3.23. The van der Waals surface area contributed by atoms with Crippen molar-refractivity contribution in [2.75, 3.05) is 6.54 Å². The maximum Gasteiger partial charge on any atom is 0.449 e. The topological polar surface area (TPSA) is 91.0 Å². The van der Waals surface area contributed by atoms with Gasteiger partial charge in [0.1, 0.15) is 11.9 Å². The van der Waals surface area contributed by atoms with Gasteiger partial charge < -0.3 is 19.5 Å². The number of carboxylic acid groups (broad SMARTS) is 1. The minimum absolute atomic E-state index is 0.00738. The number of likely N-dealkylation sites (tertiary alicyclic amines) is 1. The van der Waals surface area contributed by atoms with E-state index in [4.69, 9.17) is 5.11 Å². The minimum atomic E-state index is -4.61. The quantitative estimate of drug-likeness (QED) is 0.457. The first kappa shape index (κ1) is 22.0. The predicted octanol–water partition coefficient (Wildman–Crippen LogP) is 3.91. The SMILES string of the molecule is O=C(O)CCCCCCN1C(=O)CC[C@@H]1C=CC(O)c1ccc(C(F)(F)F)o1. The van der Waals surface area contributed by atoms with Gasteiger partial charge in [-0.25, -0.2) is 0 Å². The van der Waals surface area contributed by atoms with Gasteiger partial charge >= 0.3 is 12.1 Å². The lowest BCUT2D eigenvalue weighted by molar-refractivity contribution is -0.153. The Kier molecular flexibility index (Phi) is 7.68. The molecule has 1 saturated heterocycles. The van der Waals surface area contributed by atoms with Crippen LogP contribution >= 0.6 is 0 Å². The second kappa shape index (κ2) is 9.77. The molecule has 0 aliphatic carbocycles. The second-order valence-electron chi connectivity index (χ2n) is 6.78. The van der Waals surface area contributed by atoms with Gasteiger partial charge in [0.05, 0.1) is 6.04 Å². The lowest BCUT2D eigenvalue weighted by Crippen LogP contribution is -2.32. The van der Waals surface area contributed by atoms with Crippen LogP contribution in [0.5, 0.6) is 0 Å². The molecular weight excluding hydrogens is 379 g/mol. The highest BCUT2D eigenvalue weighted by Gasteiger charge is 2.35. The molecule has 2 N–H and O–H groups in total. The van der Waals surface area contributed by atoms with Crippen molar-refractivity contribution >= 4 is 11.9 Å². The van der Waals surface area contributed by atoms with E-state index in [-0.39, 0.29) is 24.1 Å². The maximum absolute atomic E-state index is 12.6. The number of aliphatic hydroxyl groups excluding tert-OH is 1. The molecule has 1 aliphatic rings. The molecule has 1 aromatic heterocycles. The number of furan rings is 1. The zero-order valence-electron chi connectivity index (χ0n) is 15.3. The molecule has 0 spiro atoms. The zero-order chi connectivity index (χ0) is 20.7. The monoisotopic (exact) mass is 403 g/mol. The van der Waals surface area contributed by atoms with Crippen LogP contribution in [0.3, 0.4) is 0 Å². The van der Waals surface area contributed by atoms with Crippen LogP contribution in [0.15, 0.2) is 28.7 Å². The summed E-state index contributed by atoms with van der Waals surface area (Å²) < 4.78 is 42.3. The molecule has 28 heavy (non-hydrogen) atoms. The van der Waals surface area contributed by atoms with Crippen LogP contribution in [0.25, 0.3) is 0 Å². The minimum Gasteiger partial charge on any atom is -0.481 e. The van der Waals surface area contributed by atoms with Gasteiger partial charge in [-0.05, 0) is 31.4 Å². The summed E-state index contributed by atoms with van der Waals surface area (Å²) in [4.78, 5) is 24.2. The van der Waals surface area contributed by atoms with E-state index in [9.17, 15) is 27.9 Å². The molecular formula is C19H24F3NO5. The number of unbranched alkanes of at least 4 members (excludes halogenated alkanes) is 3. The highest BCUT2D eigenvalue weighted by Crippen LogP contribution is 2.32. The molecule has 1 aromatic rings. The van der Waals surface area contributed by atoms with E-state index in [1.54, 1.807) is 11.0 Å². The molecule has 2 rings (SSSR count). The highest BCUT2D eigenvalue weighted by molar-refractivity contribution is 5.79. The van der Waals surface area contributed by atoms with E-state index in [1.165, 1.54) is 6.08 Å². The largest absolute Gasteiger partial charge is 0.481 e. The molecule has 9 heteroatoms. The molecule has 1 fully saturated rings. The molecule has 0 radical (unpaired) electrons. The predicted molar refractivity (Wildman–Crippen MR) is 93.3 cm³/mol. The first-order chi connectivity index (χ1) is 13.2. The lowest BCUT2D eigenvalue weighted by Gasteiger charge is -2.22. The number of nitrogens with zero attached hydrogens (tertiary/aromatic N) is 1. The molecule has 0 aromatic carbocycles. The third-order valence-corrected chi connectivity index (χ3v) is 4.63. The van der Waals surface area contributed by atoms with Crippen molar-refractivity contribution in [1.29, 1.82) is 0 Å². The zero-order valence-corrected chi connectivity index (χ0v) is 15.3. The Morgan fingerprint density at radius 1 is 1.29 bits per heavy atom. The van der Waals surface area contributed by atoms with Gasteiger partial charge in [-0.15, -0.1) is 0 Å². The fourth-order valence-corrected chi connectivity index (χ4v) is 3.15. The number of amides is 1. The highest BCUT2D eigenvalue weighted by atomic mass is 19.4. The smallest absolute Gasteiger partial charge is 0.449 e. The van der Waals surface area contributed by atoms with Crippen LogP contribution in [0.4, 0.5) is 13.2 Å². The molecule has 156 valence electrons. The van der Waals surface area contributed by atoms with Gasteiger partial charge in [0, 0.05) is 19.4 Å². The van der Waals surface area contributed by atoms with Crippen LogP contribution in [0, 0.1) is 0 Å². The Morgan fingerprint density at radius 2 is 2.00 bits per heavy atom. The average molecular weight is 403 g/mol. The van der Waals surface area contributed by atoms with Gasteiger partial charge in [-0.2, -0.15) is 13.2 Å². The number of hydrogen-bond donors (Lipinski definition) is 2. The fraction of sp³-hybridized carbons (Fsp3) is 0.579. The standard InChI is InChI=1S/C19H24F3NO5/c20-19(21,22)16-10-9-15(28-16)14(24)8-6-13-7-11-17(25)23(13)12-4-2-1-3-5-18(26)27/h6,8-10,13-14,24H,1-5,7,11-12H2,(H,26,27)/t13-,14?/m0/s1. The van der Waals surface area contributed by atoms with E-state index in [0.29, 0.717) is 25.8 Å². The Hall–Kier alpha value is -2.29. The molecule has 2 heterocycles. The number of halogens is 3. The molecule has 1 unspecified atom stereocenters. The lowest BCUT2D eigenvalue weighted by atomic mass is 10.1. The van der Waals surface area contributed by atoms with Crippen molar-refractivity contribution in [3.8, 4) is 0 Å². The first-order valence-corrected chi connectivity index (χ1v) is 9.23. The number of rotatable bonds is 10. The van der Waals surface area contributed by atoms with Crippen LogP contribution in [-0.4, -0.2) is 39.6 Å². The first-order valence-electron chi connectivity index (χ1n) is 9.23. The normalized spacial score (nSPS) is 18.9. The summed E-state index contributed by atoms with van der Waals surface area (Å²) in [5.74, 6) is -2.21. The summed E-state index contributed by atoms with van der Waals surface area (Å²) in [5, 5.41) is 18.6. The molecule has 6 nitrogen and oxygen atoms in total. The fourth-order valence-electron chi connectivity index (χ4n) is 3.15. The maximum atomic E-state index is 12.6. The number of aliphatic carboxylic acids is 1. The summed E-state index contributed by atoms with van der Waals surface area (Å²) in [6, 6.07) is 1.62. The van der Waals surface area contributed by atoms with Gasteiger partial charge in [-0.1, -0.05) is 25.0 Å². The number of aliphatic hydroxyl groups is 1. The van der Waals surface area contributed by atoms with Crippen molar-refractivity contribution < 1.29 is 37.4 Å². The van der Waals surface area contributed by atoms with Crippen molar-refractivity contribution in [3.05, 3.63) is 35.8 Å². The molecule has 1 amide bonds. The molecule has 0 bridgehead atoms. The third-order valence-electron chi connectivity index (χ3n) is 4.63. The Labute approximate surface area is 160 Å². The molecule has 0 saturated carbocycles. The number of alkyl halides is 3. The van der Waals surface area contributed by atoms with Gasteiger partial charge in [0.25, 0.3) is 0 Å². The van der Waals surface area contributed by atoms with E-state index in [2.05, 4.69) is 4.42 Å². The Bertz CT molecular complexity index is 698. The van der Waals surface area contributed by atoms with E-state index >= 15 is 0 Å². The summed E-state index contributed by atoms with van der Waals surface area (Å²) in [6.45, 7) is 0.524. The summed E-state index contributed by atoms with van der Waals surface area (Å²) >= 11 is 0. The van der Waals surface area contributed by atoms with Crippen molar-refractivity contribution in [2.45, 2.75) is 63.3 Å². The molecule has 1 aliphatic heterocycles. The van der Waals surface area contributed by atoms with E-state index in [0.717, 1.165) is 31.4 Å². The van der Waals surface area contributed by atoms with E-state index in [1.807, 2.05) is 0 Å². The number of carbonyl (C=O) groups excluding carboxylic acids is 1. The summed E-state index contributed by atoms with van der Waals surface area (Å²) in [6.07, 6.45) is 1.03. The number of carboxylic acids is 1. The summed E-state index contributed by atoms with van der Waals surface area (Å²) in [7, 11) is 0. The second-order valence-corrected chi connectivity index (χ2v) is 6.78. The van der Waals surface area contributed by atoms with Gasteiger partial charge in [0.15, 0.2) is 0 Å². The third kappa shape index (κ3) is 6.40. The van der Waals surface area contributed by atoms with E-state index < -0.39 is 24.0 Å². The van der Waals surface area contributed by atoms with Crippen LogP contribution in [-0.2, 0) is 15.8 Å². The summed E-state index contributed by atoms with van der Waals surface area (Å²) in [5.41, 5.74) is 0. The molecule has 2 atom stereocenters. The number of carbonyl (C=O) groups is 2. The number of hydrogen-bond acceptors (Lipinski definition) is 4. The van der Waals surface area contributed by atoms with Crippen LogP contribution in [0.2, 0.25) is 0 Å². The van der Waals surface area contributed by atoms with Crippen molar-refractivity contribution in [1.82, 2.24) is 4.90 Å².